The topological polar surface area (TPSA) is 93.5 Å². The molecule has 2 aromatic rings. The average molecular weight is 339 g/mol. The van der Waals surface area contributed by atoms with Crippen molar-refractivity contribution in [1.29, 1.82) is 0 Å². The number of ether oxygens (including phenoxy) is 1. The molecule has 7 nitrogen and oxygen atoms in total. The zero-order valence-corrected chi connectivity index (χ0v) is 12.7. The predicted octanol–water partition coefficient (Wildman–Crippen LogP) is 2.52. The Morgan fingerprint density at radius 1 is 1.38 bits per heavy atom. The molecule has 1 heterocycles. The molecule has 0 unspecified atom stereocenters. The highest BCUT2D eigenvalue weighted by Gasteiger charge is 2.13. The molecule has 0 saturated heterocycles. The van der Waals surface area contributed by atoms with Gasteiger partial charge >= 0.3 is 12.6 Å². The van der Waals surface area contributed by atoms with Gasteiger partial charge in [0, 0.05) is 19.2 Å². The van der Waals surface area contributed by atoms with Gasteiger partial charge in [0.05, 0.1) is 5.69 Å². The number of carbonyl (C=O) groups is 2. The minimum atomic E-state index is -3.00. The second kappa shape index (κ2) is 7.53. The first-order chi connectivity index (χ1) is 11.3. The quantitative estimate of drug-likeness (QED) is 0.808. The van der Waals surface area contributed by atoms with Crippen molar-refractivity contribution in [3.8, 4) is 5.75 Å². The number of aryl methyl sites for hydroxylation is 2. The van der Waals surface area contributed by atoms with Crippen LogP contribution in [0.3, 0.4) is 0 Å². The summed E-state index contributed by atoms with van der Waals surface area (Å²) in [6.07, 6.45) is 1.43. The second-order valence-electron chi connectivity index (χ2n) is 4.95. The summed E-state index contributed by atoms with van der Waals surface area (Å²) >= 11 is 0. The normalized spacial score (nSPS) is 10.7. The molecule has 2 N–H and O–H groups in total. The van der Waals surface area contributed by atoms with Crippen LogP contribution in [0, 0.1) is 6.92 Å². The molecule has 1 amide bonds. The van der Waals surface area contributed by atoms with E-state index >= 15 is 0 Å². The van der Waals surface area contributed by atoms with Crippen molar-refractivity contribution in [1.82, 2.24) is 9.78 Å². The van der Waals surface area contributed by atoms with E-state index in [4.69, 9.17) is 5.11 Å². The average Bonchev–Trinajstić information content (AvgIpc) is 2.97. The molecule has 128 valence electrons. The van der Waals surface area contributed by atoms with E-state index in [0.29, 0.717) is 0 Å². The van der Waals surface area contributed by atoms with Crippen LogP contribution in [0.5, 0.6) is 5.75 Å². The summed E-state index contributed by atoms with van der Waals surface area (Å²) < 4.78 is 30.4. The number of carboxylic acids is 1. The van der Waals surface area contributed by atoms with E-state index in [9.17, 15) is 18.4 Å². The third-order valence-corrected chi connectivity index (χ3v) is 3.05. The van der Waals surface area contributed by atoms with E-state index in [2.05, 4.69) is 15.2 Å². The van der Waals surface area contributed by atoms with E-state index in [1.54, 1.807) is 13.0 Å². The van der Waals surface area contributed by atoms with Gasteiger partial charge in [0.25, 0.3) is 0 Å². The fraction of sp³-hybridized carbons (Fsp3) is 0.267. The summed E-state index contributed by atoms with van der Waals surface area (Å²) in [5.41, 5.74) is 0.791. The number of hydrogen-bond donors (Lipinski definition) is 2. The Balaban J connectivity index is 1.98. The van der Waals surface area contributed by atoms with Crippen LogP contribution in [0.1, 0.15) is 22.5 Å². The van der Waals surface area contributed by atoms with Crippen molar-refractivity contribution in [3.05, 3.63) is 41.7 Å². The Labute approximate surface area is 135 Å². The zero-order chi connectivity index (χ0) is 17.7. The zero-order valence-electron chi connectivity index (χ0n) is 12.7. The lowest BCUT2D eigenvalue weighted by molar-refractivity contribution is -0.116. The van der Waals surface area contributed by atoms with Gasteiger partial charge in [0.15, 0.2) is 5.69 Å². The number of alkyl halides is 2. The molecular weight excluding hydrogens is 324 g/mol. The number of aromatic nitrogens is 2. The first-order valence-electron chi connectivity index (χ1n) is 6.97. The van der Waals surface area contributed by atoms with Crippen molar-refractivity contribution in [2.75, 3.05) is 5.32 Å². The lowest BCUT2D eigenvalue weighted by Gasteiger charge is -2.12. The van der Waals surface area contributed by atoms with E-state index in [-0.39, 0.29) is 30.1 Å². The Bertz CT molecular complexity index is 746. The van der Waals surface area contributed by atoms with E-state index in [0.717, 1.165) is 5.56 Å². The molecule has 0 saturated carbocycles. The number of carboxylic acid groups (broad SMARTS) is 1. The Kier molecular flexibility index (Phi) is 5.46. The third-order valence-electron chi connectivity index (χ3n) is 3.05. The standard InChI is InChI=1S/C15H15F2N3O4/c1-9-2-3-12(24-15(16)17)11(8-9)18-13(21)5-7-20-6-4-10(19-20)14(22)23/h2-4,6,8,15H,5,7H2,1H3,(H,18,21)(H,22,23). The van der Waals surface area contributed by atoms with Crippen LogP contribution >= 0.6 is 0 Å². The number of halogens is 2. The number of hydrogen-bond acceptors (Lipinski definition) is 4. The molecule has 24 heavy (non-hydrogen) atoms. The maximum atomic E-state index is 12.4. The Morgan fingerprint density at radius 3 is 2.75 bits per heavy atom. The summed E-state index contributed by atoms with van der Waals surface area (Å²) in [5.74, 6) is -1.73. The summed E-state index contributed by atoms with van der Waals surface area (Å²) in [4.78, 5) is 22.7. The molecule has 0 radical (unpaired) electrons. The monoisotopic (exact) mass is 339 g/mol. The number of nitrogens with one attached hydrogen (secondary N) is 1. The third kappa shape index (κ3) is 4.77. The van der Waals surface area contributed by atoms with Crippen LogP contribution in [0.2, 0.25) is 0 Å². The highest BCUT2D eigenvalue weighted by atomic mass is 19.3. The van der Waals surface area contributed by atoms with Crippen LogP contribution in [0.15, 0.2) is 30.5 Å². The fourth-order valence-corrected chi connectivity index (χ4v) is 1.97. The van der Waals surface area contributed by atoms with Crippen molar-refractivity contribution in [3.63, 3.8) is 0 Å². The number of rotatable bonds is 7. The van der Waals surface area contributed by atoms with Crippen molar-refractivity contribution in [2.45, 2.75) is 26.5 Å². The van der Waals surface area contributed by atoms with Gasteiger partial charge in [-0.1, -0.05) is 6.07 Å². The molecule has 0 aliphatic heterocycles. The molecule has 0 aliphatic carbocycles. The first-order valence-corrected chi connectivity index (χ1v) is 6.97. The fourth-order valence-electron chi connectivity index (χ4n) is 1.97. The molecule has 1 aromatic carbocycles. The molecule has 1 aromatic heterocycles. The lowest BCUT2D eigenvalue weighted by Crippen LogP contribution is -2.16. The van der Waals surface area contributed by atoms with Gasteiger partial charge in [0.2, 0.25) is 5.91 Å². The van der Waals surface area contributed by atoms with E-state index in [1.807, 2.05) is 0 Å². The van der Waals surface area contributed by atoms with E-state index in [1.165, 1.54) is 29.1 Å². The molecule has 9 heteroatoms. The summed E-state index contributed by atoms with van der Waals surface area (Å²) in [6, 6.07) is 5.77. The highest BCUT2D eigenvalue weighted by Crippen LogP contribution is 2.27. The van der Waals surface area contributed by atoms with Gasteiger partial charge < -0.3 is 15.2 Å². The second-order valence-corrected chi connectivity index (χ2v) is 4.95. The largest absolute Gasteiger partial charge is 0.476 e. The predicted molar refractivity (Wildman–Crippen MR) is 80.2 cm³/mol. The summed E-state index contributed by atoms with van der Waals surface area (Å²) in [6.45, 7) is -1.10. The van der Waals surface area contributed by atoms with Crippen LogP contribution in [-0.2, 0) is 11.3 Å². The maximum Gasteiger partial charge on any atom is 0.387 e. The Morgan fingerprint density at radius 2 is 2.12 bits per heavy atom. The number of nitrogens with zero attached hydrogens (tertiary/aromatic N) is 2. The molecule has 0 atom stereocenters. The molecule has 0 bridgehead atoms. The Hall–Kier alpha value is -2.97. The molecule has 2 rings (SSSR count). The van der Waals surface area contributed by atoms with Gasteiger partial charge in [-0.25, -0.2) is 4.79 Å². The highest BCUT2D eigenvalue weighted by molar-refractivity contribution is 5.92. The lowest BCUT2D eigenvalue weighted by atomic mass is 10.2. The SMILES string of the molecule is Cc1ccc(OC(F)F)c(NC(=O)CCn2ccc(C(=O)O)n2)c1. The van der Waals surface area contributed by atoms with Crippen molar-refractivity contribution < 1.29 is 28.2 Å². The first kappa shape index (κ1) is 17.4. The van der Waals surface area contributed by atoms with Crippen LogP contribution < -0.4 is 10.1 Å². The maximum absolute atomic E-state index is 12.4. The number of anilines is 1. The number of benzene rings is 1. The molecular formula is C15H15F2N3O4. The van der Waals surface area contributed by atoms with E-state index < -0.39 is 18.5 Å². The van der Waals surface area contributed by atoms with Crippen LogP contribution in [-0.4, -0.2) is 33.4 Å². The smallest absolute Gasteiger partial charge is 0.387 e. The van der Waals surface area contributed by atoms with Crippen molar-refractivity contribution >= 4 is 17.6 Å². The van der Waals surface area contributed by atoms with Gasteiger partial charge in [-0.2, -0.15) is 13.9 Å². The molecule has 0 fully saturated rings. The summed E-state index contributed by atoms with van der Waals surface area (Å²) in [5, 5.41) is 15.0. The minimum Gasteiger partial charge on any atom is -0.476 e. The van der Waals surface area contributed by atoms with Gasteiger partial charge in [0.1, 0.15) is 5.75 Å². The molecule has 0 spiro atoms. The molecule has 0 aliphatic rings. The summed E-state index contributed by atoms with van der Waals surface area (Å²) in [7, 11) is 0. The van der Waals surface area contributed by atoms with Crippen molar-refractivity contribution in [2.24, 2.45) is 0 Å². The van der Waals surface area contributed by atoms with Gasteiger partial charge in [-0.05, 0) is 30.7 Å². The number of aromatic carboxylic acids is 1. The van der Waals surface area contributed by atoms with Gasteiger partial charge in [-0.3, -0.25) is 9.48 Å². The number of amides is 1. The van der Waals surface area contributed by atoms with Crippen LogP contribution in [0.25, 0.3) is 0 Å². The van der Waals surface area contributed by atoms with Gasteiger partial charge in [-0.15, -0.1) is 0 Å². The minimum absolute atomic E-state index is 0.0111. The number of carbonyl (C=O) groups excluding carboxylic acids is 1. The van der Waals surface area contributed by atoms with Crippen LogP contribution in [0.4, 0.5) is 14.5 Å².